The zero-order chi connectivity index (χ0) is 21.8. The van der Waals surface area contributed by atoms with Crippen molar-refractivity contribution in [3.8, 4) is 0 Å². The lowest BCUT2D eigenvalue weighted by atomic mass is 9.99. The smallest absolute Gasteiger partial charge is 0.196 e. The summed E-state index contributed by atoms with van der Waals surface area (Å²) < 4.78 is 11.6. The van der Waals surface area contributed by atoms with Crippen LogP contribution < -0.4 is 16.2 Å². The molecule has 0 aliphatic carbocycles. The van der Waals surface area contributed by atoms with Crippen molar-refractivity contribution in [2.24, 2.45) is 0 Å². The Morgan fingerprint density at radius 1 is 0.875 bits per heavy atom. The standard InChI is InChI=1S/C26H18N2O4/c1-14-8-9-18-20(11-14)32-21-12-19(27-13-15-5-4-10-31-15)22-23(24(21)28-18)26(30)17-7-3-2-6-16(17)25(22)29/h2-12,27-28H,13H2,1H3. The maximum absolute atomic E-state index is 13.6. The summed E-state index contributed by atoms with van der Waals surface area (Å²) in [6, 6.07) is 18.1. The van der Waals surface area contributed by atoms with E-state index in [4.69, 9.17) is 8.83 Å². The molecule has 0 spiro atoms. The number of H-pyrrole nitrogens is 1. The molecule has 156 valence electrons. The van der Waals surface area contributed by atoms with Crippen molar-refractivity contribution in [3.05, 3.63) is 98.7 Å². The second-order valence-corrected chi connectivity index (χ2v) is 7.91. The van der Waals surface area contributed by atoms with E-state index >= 15 is 0 Å². The van der Waals surface area contributed by atoms with Gasteiger partial charge in [-0.1, -0.05) is 30.3 Å². The minimum absolute atomic E-state index is 0.198. The summed E-state index contributed by atoms with van der Waals surface area (Å²) >= 11 is 0. The number of anilines is 1. The molecule has 0 aliphatic heterocycles. The molecule has 0 fully saturated rings. The third-order valence-corrected chi connectivity index (χ3v) is 5.81. The summed E-state index contributed by atoms with van der Waals surface area (Å²) in [5.74, 6) is 0.714. The summed E-state index contributed by atoms with van der Waals surface area (Å²) in [7, 11) is 0. The van der Waals surface area contributed by atoms with Crippen molar-refractivity contribution < 1.29 is 8.83 Å². The van der Waals surface area contributed by atoms with Crippen LogP contribution in [0.1, 0.15) is 11.3 Å². The minimum Gasteiger partial charge on any atom is -0.467 e. The second-order valence-electron chi connectivity index (χ2n) is 7.91. The van der Waals surface area contributed by atoms with E-state index in [9.17, 15) is 9.59 Å². The number of aryl methyl sites for hydroxylation is 1. The number of aromatic nitrogens is 1. The average Bonchev–Trinajstić information content (AvgIpc) is 3.33. The van der Waals surface area contributed by atoms with Gasteiger partial charge in [-0.15, -0.1) is 0 Å². The van der Waals surface area contributed by atoms with Crippen LogP contribution in [-0.2, 0) is 6.54 Å². The van der Waals surface area contributed by atoms with Crippen LogP contribution in [0.3, 0.4) is 0 Å². The van der Waals surface area contributed by atoms with Crippen LogP contribution in [0, 0.1) is 6.92 Å². The first kappa shape index (κ1) is 18.4. The Morgan fingerprint density at radius 2 is 1.66 bits per heavy atom. The molecule has 0 radical (unpaired) electrons. The van der Waals surface area contributed by atoms with Gasteiger partial charge in [0.2, 0.25) is 0 Å². The Labute approximate surface area is 181 Å². The van der Waals surface area contributed by atoms with Gasteiger partial charge in [0.1, 0.15) is 5.76 Å². The molecular formula is C26H18N2O4. The quantitative estimate of drug-likeness (QED) is 0.292. The number of hydrogen-bond donors (Lipinski definition) is 2. The van der Waals surface area contributed by atoms with E-state index in [1.165, 1.54) is 0 Å². The fourth-order valence-electron chi connectivity index (χ4n) is 4.28. The number of furan rings is 1. The molecule has 0 saturated carbocycles. The van der Waals surface area contributed by atoms with E-state index in [1.807, 2.05) is 31.2 Å². The van der Waals surface area contributed by atoms with E-state index < -0.39 is 0 Å². The van der Waals surface area contributed by atoms with E-state index in [1.54, 1.807) is 42.7 Å². The normalized spacial score (nSPS) is 11.7. The molecule has 32 heavy (non-hydrogen) atoms. The van der Waals surface area contributed by atoms with Crippen LogP contribution in [0.2, 0.25) is 0 Å². The van der Waals surface area contributed by atoms with Gasteiger partial charge in [-0.2, -0.15) is 0 Å². The lowest BCUT2D eigenvalue weighted by Gasteiger charge is -2.13. The maximum atomic E-state index is 13.6. The summed E-state index contributed by atoms with van der Waals surface area (Å²) in [6.07, 6.45) is 1.59. The molecule has 6 heteroatoms. The van der Waals surface area contributed by atoms with Gasteiger partial charge in [0, 0.05) is 16.8 Å². The molecule has 0 bridgehead atoms. The highest BCUT2D eigenvalue weighted by Gasteiger charge is 2.19. The number of fused-ring (bicyclic) bond motifs is 5. The number of aromatic amines is 1. The van der Waals surface area contributed by atoms with E-state index in [0.717, 1.165) is 11.1 Å². The predicted molar refractivity (Wildman–Crippen MR) is 126 cm³/mol. The van der Waals surface area contributed by atoms with Crippen LogP contribution in [0.15, 0.2) is 85.4 Å². The molecule has 0 unspecified atom stereocenters. The number of benzene rings is 4. The topological polar surface area (TPSA) is 88.2 Å². The van der Waals surface area contributed by atoms with Crippen molar-refractivity contribution in [2.45, 2.75) is 13.5 Å². The Balaban J connectivity index is 1.76. The van der Waals surface area contributed by atoms with Gasteiger partial charge in [0.15, 0.2) is 22.0 Å². The van der Waals surface area contributed by atoms with Crippen LogP contribution in [0.25, 0.3) is 43.7 Å². The van der Waals surface area contributed by atoms with Crippen molar-refractivity contribution >= 4 is 49.4 Å². The Kier molecular flexibility index (Phi) is 3.95. The molecule has 2 aromatic heterocycles. The molecule has 0 saturated heterocycles. The van der Waals surface area contributed by atoms with Crippen molar-refractivity contribution in [2.75, 3.05) is 5.32 Å². The lowest BCUT2D eigenvalue weighted by Crippen LogP contribution is -2.15. The molecule has 2 N–H and O–H groups in total. The highest BCUT2D eigenvalue weighted by molar-refractivity contribution is 6.14. The van der Waals surface area contributed by atoms with Crippen LogP contribution in [0.5, 0.6) is 0 Å². The van der Waals surface area contributed by atoms with Crippen molar-refractivity contribution in [3.63, 3.8) is 0 Å². The highest BCUT2D eigenvalue weighted by Crippen LogP contribution is 2.31. The lowest BCUT2D eigenvalue weighted by molar-refractivity contribution is 0.518. The Morgan fingerprint density at radius 3 is 2.41 bits per heavy atom. The molecule has 0 aliphatic rings. The summed E-state index contributed by atoms with van der Waals surface area (Å²) in [4.78, 5) is 30.4. The molecule has 4 aromatic carbocycles. The minimum atomic E-state index is -0.209. The zero-order valence-electron chi connectivity index (χ0n) is 17.2. The predicted octanol–water partition coefficient (Wildman–Crippen LogP) is 5.45. The largest absolute Gasteiger partial charge is 0.467 e. The Hall–Kier alpha value is -4.32. The average molecular weight is 422 g/mol. The van der Waals surface area contributed by atoms with Crippen LogP contribution >= 0.6 is 0 Å². The summed E-state index contributed by atoms with van der Waals surface area (Å²) in [5, 5.41) is 4.72. The first-order valence-electron chi connectivity index (χ1n) is 10.3. The monoisotopic (exact) mass is 422 g/mol. The third-order valence-electron chi connectivity index (χ3n) is 5.81. The Bertz CT molecular complexity index is 1780. The molecule has 6 nitrogen and oxygen atoms in total. The number of nitrogens with one attached hydrogen (secondary N) is 2. The molecule has 2 heterocycles. The molecular weight excluding hydrogens is 404 g/mol. The van der Waals surface area contributed by atoms with Gasteiger partial charge in [0.25, 0.3) is 0 Å². The fourth-order valence-corrected chi connectivity index (χ4v) is 4.28. The summed E-state index contributed by atoms with van der Waals surface area (Å²) in [5.41, 5.74) is 3.60. The first-order chi connectivity index (χ1) is 15.6. The summed E-state index contributed by atoms with van der Waals surface area (Å²) in [6.45, 7) is 2.35. The first-order valence-corrected chi connectivity index (χ1v) is 10.3. The SMILES string of the molecule is Cc1ccc2[nH]c3c(cc(NCc4ccco4)c4c(=O)c5ccccc5c(=O)c43)oc2c1. The number of hydrogen-bond acceptors (Lipinski definition) is 5. The van der Waals surface area contributed by atoms with Crippen LogP contribution in [0.4, 0.5) is 5.69 Å². The van der Waals surface area contributed by atoms with Gasteiger partial charge in [0.05, 0.1) is 40.3 Å². The number of rotatable bonds is 3. The zero-order valence-corrected chi connectivity index (χ0v) is 17.2. The third kappa shape index (κ3) is 2.73. The van der Waals surface area contributed by atoms with Gasteiger partial charge in [-0.25, -0.2) is 0 Å². The fraction of sp³-hybridized carbons (Fsp3) is 0.0769. The van der Waals surface area contributed by atoms with E-state index in [-0.39, 0.29) is 10.9 Å². The second kappa shape index (κ2) is 6.85. The van der Waals surface area contributed by atoms with E-state index in [0.29, 0.717) is 56.2 Å². The highest BCUT2D eigenvalue weighted by atomic mass is 16.3. The molecule has 6 aromatic rings. The van der Waals surface area contributed by atoms with E-state index in [2.05, 4.69) is 10.3 Å². The molecule has 0 amide bonds. The van der Waals surface area contributed by atoms with Gasteiger partial charge in [-0.05, 0) is 36.8 Å². The molecule has 6 rings (SSSR count). The van der Waals surface area contributed by atoms with Crippen LogP contribution in [-0.4, -0.2) is 4.98 Å². The molecule has 0 atom stereocenters. The maximum Gasteiger partial charge on any atom is 0.196 e. The van der Waals surface area contributed by atoms with Crippen molar-refractivity contribution in [1.29, 1.82) is 0 Å². The van der Waals surface area contributed by atoms with Gasteiger partial charge >= 0.3 is 0 Å². The van der Waals surface area contributed by atoms with Gasteiger partial charge < -0.3 is 19.1 Å². The van der Waals surface area contributed by atoms with Gasteiger partial charge in [-0.3, -0.25) is 9.59 Å². The van der Waals surface area contributed by atoms with Crippen molar-refractivity contribution in [1.82, 2.24) is 4.98 Å².